The van der Waals surface area contributed by atoms with Crippen LogP contribution in [0.3, 0.4) is 0 Å². The first kappa shape index (κ1) is 22.5. The fourth-order valence-corrected chi connectivity index (χ4v) is 2.53. The molecule has 1 aromatic carbocycles. The summed E-state index contributed by atoms with van der Waals surface area (Å²) < 4.78 is 11.6. The van der Waals surface area contributed by atoms with Crippen molar-refractivity contribution in [1.29, 1.82) is 0 Å². The molecule has 1 atom stereocenters. The first-order valence-corrected chi connectivity index (χ1v) is 9.74. The number of hydrogen-bond donors (Lipinski definition) is 1. The zero-order chi connectivity index (χ0) is 19.4. The molecule has 0 fully saturated rings. The minimum Gasteiger partial charge on any atom is -0.492 e. The van der Waals surface area contributed by atoms with Gasteiger partial charge in [-0.25, -0.2) is 0 Å². The van der Waals surface area contributed by atoms with Gasteiger partial charge in [0.15, 0.2) is 0 Å². The summed E-state index contributed by atoms with van der Waals surface area (Å²) in [5.41, 5.74) is -0.0248. The maximum absolute atomic E-state index is 12.8. The SMILES string of the molecule is CCCCCC(C)(OCCC)C(=O)Nc1ccc(OCCN(C)C)cc1. The third-order valence-corrected chi connectivity index (χ3v) is 4.28. The van der Waals surface area contributed by atoms with E-state index >= 15 is 0 Å². The van der Waals surface area contributed by atoms with Crippen molar-refractivity contribution in [2.24, 2.45) is 0 Å². The Labute approximate surface area is 159 Å². The highest BCUT2D eigenvalue weighted by Gasteiger charge is 2.33. The van der Waals surface area contributed by atoms with Crippen molar-refractivity contribution in [3.05, 3.63) is 24.3 Å². The second kappa shape index (κ2) is 11.9. The maximum atomic E-state index is 12.8. The number of rotatable bonds is 13. The molecule has 1 amide bonds. The van der Waals surface area contributed by atoms with Gasteiger partial charge < -0.3 is 19.7 Å². The van der Waals surface area contributed by atoms with Crippen LogP contribution in [0.1, 0.15) is 52.9 Å². The lowest BCUT2D eigenvalue weighted by atomic mass is 9.96. The predicted molar refractivity (Wildman–Crippen MR) is 108 cm³/mol. The van der Waals surface area contributed by atoms with Crippen LogP contribution in [0.5, 0.6) is 5.75 Å². The van der Waals surface area contributed by atoms with E-state index in [0.717, 1.165) is 50.1 Å². The third-order valence-electron chi connectivity index (χ3n) is 4.28. The van der Waals surface area contributed by atoms with Gasteiger partial charge in [0.2, 0.25) is 0 Å². The van der Waals surface area contributed by atoms with Crippen LogP contribution in [0.15, 0.2) is 24.3 Å². The second-order valence-corrected chi connectivity index (χ2v) is 7.17. The molecule has 0 aliphatic carbocycles. The standard InChI is InChI=1S/C21H36N2O3/c1-6-8-9-14-21(3,26-16-7-2)20(24)22-18-10-12-19(13-11-18)25-17-15-23(4)5/h10-13H,6-9,14-17H2,1-5H3,(H,22,24). The molecular weight excluding hydrogens is 328 g/mol. The minimum atomic E-state index is -0.786. The van der Waals surface area contributed by atoms with Crippen molar-refractivity contribution in [3.8, 4) is 5.75 Å². The van der Waals surface area contributed by atoms with Gasteiger partial charge in [0, 0.05) is 18.8 Å². The summed E-state index contributed by atoms with van der Waals surface area (Å²) in [6, 6.07) is 7.50. The molecule has 5 nitrogen and oxygen atoms in total. The van der Waals surface area contributed by atoms with Gasteiger partial charge in [-0.15, -0.1) is 0 Å². The molecular formula is C21H36N2O3. The van der Waals surface area contributed by atoms with E-state index in [1.54, 1.807) is 0 Å². The molecule has 1 aromatic rings. The van der Waals surface area contributed by atoms with E-state index in [1.807, 2.05) is 45.3 Å². The van der Waals surface area contributed by atoms with Crippen molar-refractivity contribution in [2.45, 2.75) is 58.5 Å². The number of likely N-dealkylation sites (N-methyl/N-ethyl adjacent to an activating group) is 1. The van der Waals surface area contributed by atoms with Crippen molar-refractivity contribution >= 4 is 11.6 Å². The van der Waals surface area contributed by atoms with Gasteiger partial charge in [0.25, 0.3) is 5.91 Å². The van der Waals surface area contributed by atoms with Crippen LogP contribution in [0.2, 0.25) is 0 Å². The van der Waals surface area contributed by atoms with E-state index in [-0.39, 0.29) is 5.91 Å². The molecule has 26 heavy (non-hydrogen) atoms. The Hall–Kier alpha value is -1.59. The van der Waals surface area contributed by atoms with Crippen molar-refractivity contribution in [1.82, 2.24) is 4.90 Å². The van der Waals surface area contributed by atoms with Crippen molar-refractivity contribution in [3.63, 3.8) is 0 Å². The Bertz CT molecular complexity index is 516. The summed E-state index contributed by atoms with van der Waals surface area (Å²) in [6.45, 7) is 8.20. The lowest BCUT2D eigenvalue weighted by Gasteiger charge is -2.28. The fraction of sp³-hybridized carbons (Fsp3) is 0.667. The van der Waals surface area contributed by atoms with E-state index in [4.69, 9.17) is 9.47 Å². The Balaban J connectivity index is 2.63. The van der Waals surface area contributed by atoms with E-state index in [9.17, 15) is 4.79 Å². The number of hydrogen-bond acceptors (Lipinski definition) is 4. The normalized spacial score (nSPS) is 13.5. The zero-order valence-electron chi connectivity index (χ0n) is 17.1. The third kappa shape index (κ3) is 8.19. The largest absolute Gasteiger partial charge is 0.492 e. The van der Waals surface area contributed by atoms with Gasteiger partial charge in [0.1, 0.15) is 18.0 Å². The molecule has 0 bridgehead atoms. The van der Waals surface area contributed by atoms with Crippen LogP contribution in [0, 0.1) is 0 Å². The molecule has 0 heterocycles. The van der Waals surface area contributed by atoms with E-state index < -0.39 is 5.60 Å². The van der Waals surface area contributed by atoms with Crippen molar-refractivity contribution < 1.29 is 14.3 Å². The van der Waals surface area contributed by atoms with E-state index in [0.29, 0.717) is 13.2 Å². The Morgan fingerprint density at radius 3 is 2.35 bits per heavy atom. The van der Waals surface area contributed by atoms with E-state index in [1.165, 1.54) is 0 Å². The predicted octanol–water partition coefficient (Wildman–Crippen LogP) is 4.33. The molecule has 0 aromatic heterocycles. The van der Waals surface area contributed by atoms with Crippen LogP contribution in [-0.4, -0.2) is 50.3 Å². The monoisotopic (exact) mass is 364 g/mol. The summed E-state index contributed by atoms with van der Waals surface area (Å²) in [7, 11) is 4.03. The van der Waals surface area contributed by atoms with E-state index in [2.05, 4.69) is 24.1 Å². The van der Waals surface area contributed by atoms with Crippen LogP contribution >= 0.6 is 0 Å². The van der Waals surface area contributed by atoms with Gasteiger partial charge in [-0.1, -0.05) is 33.1 Å². The molecule has 0 aliphatic rings. The highest BCUT2D eigenvalue weighted by atomic mass is 16.5. The molecule has 0 radical (unpaired) electrons. The van der Waals surface area contributed by atoms with Gasteiger partial charge in [-0.3, -0.25) is 4.79 Å². The topological polar surface area (TPSA) is 50.8 Å². The quantitative estimate of drug-likeness (QED) is 0.529. The average Bonchev–Trinajstić information content (AvgIpc) is 2.61. The number of nitrogens with one attached hydrogen (secondary N) is 1. The number of carbonyl (C=O) groups is 1. The molecule has 1 N–H and O–H groups in total. The van der Waals surface area contributed by atoms with Crippen LogP contribution in [-0.2, 0) is 9.53 Å². The molecule has 1 unspecified atom stereocenters. The van der Waals surface area contributed by atoms with Crippen molar-refractivity contribution in [2.75, 3.05) is 39.2 Å². The van der Waals surface area contributed by atoms with Crippen LogP contribution in [0.25, 0.3) is 0 Å². The van der Waals surface area contributed by atoms with Crippen LogP contribution < -0.4 is 10.1 Å². The number of ether oxygens (including phenoxy) is 2. The Kier molecular flexibility index (Phi) is 10.3. The Morgan fingerprint density at radius 2 is 1.77 bits per heavy atom. The summed E-state index contributed by atoms with van der Waals surface area (Å²) >= 11 is 0. The highest BCUT2D eigenvalue weighted by molar-refractivity contribution is 5.97. The Morgan fingerprint density at radius 1 is 1.08 bits per heavy atom. The number of benzene rings is 1. The summed E-state index contributed by atoms with van der Waals surface area (Å²) in [4.78, 5) is 14.9. The van der Waals surface area contributed by atoms with Gasteiger partial charge >= 0.3 is 0 Å². The molecule has 1 rings (SSSR count). The summed E-state index contributed by atoms with van der Waals surface area (Å²) in [6.07, 6.45) is 4.86. The number of amides is 1. The van der Waals surface area contributed by atoms with Gasteiger partial charge in [-0.2, -0.15) is 0 Å². The summed E-state index contributed by atoms with van der Waals surface area (Å²) in [5, 5.41) is 2.99. The molecule has 0 aliphatic heterocycles. The average molecular weight is 365 g/mol. The first-order chi connectivity index (χ1) is 12.4. The van der Waals surface area contributed by atoms with Crippen LogP contribution in [0.4, 0.5) is 5.69 Å². The molecule has 5 heteroatoms. The second-order valence-electron chi connectivity index (χ2n) is 7.17. The molecule has 148 valence electrons. The number of unbranched alkanes of at least 4 members (excludes halogenated alkanes) is 2. The maximum Gasteiger partial charge on any atom is 0.256 e. The number of anilines is 1. The van der Waals surface area contributed by atoms with Gasteiger partial charge in [-0.05, 0) is 58.1 Å². The highest BCUT2D eigenvalue weighted by Crippen LogP contribution is 2.23. The minimum absolute atomic E-state index is 0.0803. The molecule has 0 saturated carbocycles. The lowest BCUT2D eigenvalue weighted by molar-refractivity contribution is -0.140. The zero-order valence-corrected chi connectivity index (χ0v) is 17.1. The first-order valence-electron chi connectivity index (χ1n) is 9.74. The smallest absolute Gasteiger partial charge is 0.256 e. The summed E-state index contributed by atoms with van der Waals surface area (Å²) in [5.74, 6) is 0.723. The lowest BCUT2D eigenvalue weighted by Crippen LogP contribution is -2.43. The molecule has 0 saturated heterocycles. The molecule has 0 spiro atoms. The fourth-order valence-electron chi connectivity index (χ4n) is 2.53. The number of carbonyl (C=O) groups excluding carboxylic acids is 1. The number of nitrogens with zero attached hydrogens (tertiary/aromatic N) is 1. The van der Waals surface area contributed by atoms with Gasteiger partial charge in [0.05, 0.1) is 0 Å².